The third-order valence-electron chi connectivity index (χ3n) is 8.29. The van der Waals surface area contributed by atoms with Gasteiger partial charge in [0.25, 0.3) is 0 Å². The number of nitriles is 1. The Bertz CT molecular complexity index is 871. The highest BCUT2D eigenvalue weighted by atomic mass is 16.3. The van der Waals surface area contributed by atoms with Crippen molar-refractivity contribution in [2.75, 3.05) is 31.1 Å². The van der Waals surface area contributed by atoms with Crippen LogP contribution in [0, 0.1) is 28.1 Å². The average Bonchev–Trinajstić information content (AvgIpc) is 2.71. The zero-order chi connectivity index (χ0) is 20.3. The Morgan fingerprint density at radius 3 is 2.59 bits per heavy atom. The summed E-state index contributed by atoms with van der Waals surface area (Å²) in [5, 5.41) is 20.6. The van der Waals surface area contributed by atoms with Crippen molar-refractivity contribution >= 4 is 11.6 Å². The number of anilines is 1. The van der Waals surface area contributed by atoms with Crippen LogP contribution in [-0.4, -0.2) is 47.7 Å². The number of para-hydroxylation sites is 1. The number of amides is 1. The van der Waals surface area contributed by atoms with Gasteiger partial charge in [0, 0.05) is 26.2 Å². The van der Waals surface area contributed by atoms with Gasteiger partial charge in [-0.2, -0.15) is 5.26 Å². The van der Waals surface area contributed by atoms with E-state index in [0.717, 1.165) is 50.9 Å². The largest absolute Gasteiger partial charge is 0.390 e. The third kappa shape index (κ3) is 2.95. The van der Waals surface area contributed by atoms with Crippen LogP contribution in [0.1, 0.15) is 57.4 Å². The number of benzene rings is 1. The fourth-order valence-corrected chi connectivity index (χ4v) is 7.55. The fraction of sp³-hybridized carbons (Fsp3) is 0.667. The van der Waals surface area contributed by atoms with Gasteiger partial charge in [0.2, 0.25) is 5.91 Å². The summed E-state index contributed by atoms with van der Waals surface area (Å²) in [4.78, 5) is 18.0. The molecule has 5 heteroatoms. The van der Waals surface area contributed by atoms with Crippen molar-refractivity contribution in [3.8, 4) is 6.07 Å². The lowest BCUT2D eigenvalue weighted by Crippen LogP contribution is -2.65. The summed E-state index contributed by atoms with van der Waals surface area (Å²) in [6, 6.07) is 9.99. The molecule has 4 saturated carbocycles. The van der Waals surface area contributed by atoms with E-state index in [2.05, 4.69) is 17.9 Å². The van der Waals surface area contributed by atoms with Gasteiger partial charge in [-0.15, -0.1) is 0 Å². The Balaban J connectivity index is 1.33. The topological polar surface area (TPSA) is 67.6 Å². The summed E-state index contributed by atoms with van der Waals surface area (Å²) >= 11 is 0. The quantitative estimate of drug-likeness (QED) is 0.855. The zero-order valence-corrected chi connectivity index (χ0v) is 17.4. The minimum atomic E-state index is -0.626. The van der Waals surface area contributed by atoms with Crippen molar-refractivity contribution in [2.45, 2.75) is 57.5 Å². The Kier molecular flexibility index (Phi) is 4.22. The molecule has 0 aromatic heterocycles. The molecule has 5 nitrogen and oxygen atoms in total. The second-order valence-corrected chi connectivity index (χ2v) is 10.3. The van der Waals surface area contributed by atoms with E-state index in [1.165, 1.54) is 6.42 Å². The van der Waals surface area contributed by atoms with Crippen LogP contribution in [0.3, 0.4) is 0 Å². The van der Waals surface area contributed by atoms with E-state index in [0.29, 0.717) is 31.0 Å². The minimum Gasteiger partial charge on any atom is -0.390 e. The molecule has 29 heavy (non-hydrogen) atoms. The number of nitrogens with zero attached hydrogens (tertiary/aromatic N) is 3. The van der Waals surface area contributed by atoms with Crippen LogP contribution in [0.5, 0.6) is 0 Å². The number of carbonyl (C=O) groups excluding carboxylic acids is 1. The number of rotatable bonds is 3. The lowest BCUT2D eigenvalue weighted by molar-refractivity contribution is -0.209. The van der Waals surface area contributed by atoms with E-state index in [9.17, 15) is 15.2 Å². The van der Waals surface area contributed by atoms with E-state index in [1.54, 1.807) is 0 Å². The van der Waals surface area contributed by atoms with E-state index in [1.807, 2.05) is 29.2 Å². The minimum absolute atomic E-state index is 0.164. The Morgan fingerprint density at radius 1 is 1.14 bits per heavy atom. The molecular weight excluding hydrogens is 362 g/mol. The first-order chi connectivity index (χ1) is 13.9. The first-order valence-corrected chi connectivity index (χ1v) is 11.2. The lowest BCUT2D eigenvalue weighted by Gasteiger charge is -2.65. The van der Waals surface area contributed by atoms with Gasteiger partial charge in [0.1, 0.15) is 6.07 Å². The summed E-state index contributed by atoms with van der Waals surface area (Å²) in [5.41, 5.74) is 0.851. The molecule has 1 saturated heterocycles. The summed E-state index contributed by atoms with van der Waals surface area (Å²) in [6.45, 7) is 5.14. The van der Waals surface area contributed by atoms with Crippen molar-refractivity contribution < 1.29 is 9.90 Å². The summed E-state index contributed by atoms with van der Waals surface area (Å²) in [6.07, 6.45) is 6.63. The number of aliphatic hydroxyl groups is 1. The van der Waals surface area contributed by atoms with Gasteiger partial charge in [0.15, 0.2) is 0 Å². The van der Waals surface area contributed by atoms with Gasteiger partial charge in [-0.05, 0) is 62.0 Å². The third-order valence-corrected chi connectivity index (χ3v) is 8.29. The number of hydrogen-bond acceptors (Lipinski definition) is 4. The van der Waals surface area contributed by atoms with Crippen LogP contribution in [0.2, 0.25) is 0 Å². The lowest BCUT2D eigenvalue weighted by atomic mass is 9.42. The molecule has 0 radical (unpaired) electrons. The highest BCUT2D eigenvalue weighted by molar-refractivity contribution is 5.84. The van der Waals surface area contributed by atoms with Gasteiger partial charge in [-0.25, -0.2) is 0 Å². The van der Waals surface area contributed by atoms with Gasteiger partial charge in [-0.1, -0.05) is 25.5 Å². The smallest absolute Gasteiger partial charge is 0.229 e. The molecule has 1 heterocycles. The number of piperazine rings is 1. The standard InChI is InChI=1S/C24H31N3O2/c1-2-22-11-18-12-23(15-22,17-24(29,13-18)16-22)21(28)27-9-7-26(8-10-27)20-6-4-3-5-19(20)14-25/h3-6,18,29H,2,7-13,15-17H2,1H3. The molecule has 4 unspecified atom stereocenters. The van der Waals surface area contributed by atoms with Crippen LogP contribution in [0.4, 0.5) is 5.69 Å². The van der Waals surface area contributed by atoms with Crippen molar-refractivity contribution in [3.63, 3.8) is 0 Å². The van der Waals surface area contributed by atoms with Crippen LogP contribution in [-0.2, 0) is 4.79 Å². The molecule has 1 aromatic carbocycles. The number of carbonyl (C=O) groups is 1. The molecule has 1 aliphatic heterocycles. The first-order valence-electron chi connectivity index (χ1n) is 11.2. The Morgan fingerprint density at radius 2 is 1.90 bits per heavy atom. The maximum atomic E-state index is 13.8. The molecule has 1 N–H and O–H groups in total. The summed E-state index contributed by atoms with van der Waals surface area (Å²) < 4.78 is 0. The van der Waals surface area contributed by atoms with Crippen LogP contribution >= 0.6 is 0 Å². The van der Waals surface area contributed by atoms with Crippen LogP contribution in [0.15, 0.2) is 24.3 Å². The monoisotopic (exact) mass is 393 g/mol. The van der Waals surface area contributed by atoms with Crippen molar-refractivity contribution in [3.05, 3.63) is 29.8 Å². The highest BCUT2D eigenvalue weighted by Gasteiger charge is 2.65. The second-order valence-electron chi connectivity index (χ2n) is 10.3. The highest BCUT2D eigenvalue weighted by Crippen LogP contribution is 2.68. The molecule has 4 atom stereocenters. The molecular formula is C24H31N3O2. The normalized spacial score (nSPS) is 38.2. The van der Waals surface area contributed by atoms with Crippen molar-refractivity contribution in [2.24, 2.45) is 16.7 Å². The fourth-order valence-electron chi connectivity index (χ4n) is 7.55. The molecule has 5 fully saturated rings. The molecule has 4 bridgehead atoms. The Labute approximate surface area is 173 Å². The predicted molar refractivity (Wildman–Crippen MR) is 111 cm³/mol. The van der Waals surface area contributed by atoms with Gasteiger partial charge >= 0.3 is 0 Å². The van der Waals surface area contributed by atoms with Crippen LogP contribution < -0.4 is 4.90 Å². The number of hydrogen-bond donors (Lipinski definition) is 1. The molecule has 154 valence electrons. The average molecular weight is 394 g/mol. The second kappa shape index (κ2) is 6.47. The zero-order valence-electron chi connectivity index (χ0n) is 17.4. The molecule has 1 aromatic rings. The Hall–Kier alpha value is -2.06. The van der Waals surface area contributed by atoms with E-state index >= 15 is 0 Å². The van der Waals surface area contributed by atoms with Gasteiger partial charge in [0.05, 0.1) is 22.3 Å². The van der Waals surface area contributed by atoms with Crippen LogP contribution in [0.25, 0.3) is 0 Å². The molecule has 0 spiro atoms. The van der Waals surface area contributed by atoms with Crippen molar-refractivity contribution in [1.29, 1.82) is 5.26 Å². The molecule has 1 amide bonds. The van der Waals surface area contributed by atoms with Crippen molar-refractivity contribution in [1.82, 2.24) is 4.90 Å². The molecule has 4 aliphatic carbocycles. The molecule has 5 aliphatic rings. The van der Waals surface area contributed by atoms with E-state index < -0.39 is 5.60 Å². The maximum Gasteiger partial charge on any atom is 0.229 e. The van der Waals surface area contributed by atoms with E-state index in [-0.39, 0.29) is 16.7 Å². The van der Waals surface area contributed by atoms with Gasteiger partial charge < -0.3 is 14.9 Å². The predicted octanol–water partition coefficient (Wildman–Crippen LogP) is 3.32. The first kappa shape index (κ1) is 18.9. The SMILES string of the molecule is CCC12CC3CC(O)(C1)CC(C(=O)N1CCN(c4ccccc4C#N)CC1)(C3)C2. The summed E-state index contributed by atoms with van der Waals surface area (Å²) in [7, 11) is 0. The van der Waals surface area contributed by atoms with E-state index in [4.69, 9.17) is 0 Å². The van der Waals surface area contributed by atoms with Gasteiger partial charge in [-0.3, -0.25) is 4.79 Å². The maximum absolute atomic E-state index is 13.8. The summed E-state index contributed by atoms with van der Waals surface area (Å²) in [5.74, 6) is 0.787. The molecule has 6 rings (SSSR count).